The van der Waals surface area contributed by atoms with Crippen LogP contribution in [-0.2, 0) is 6.42 Å². The highest BCUT2D eigenvalue weighted by Crippen LogP contribution is 2.35. The van der Waals surface area contributed by atoms with Crippen LogP contribution in [0.4, 0.5) is 11.6 Å². The van der Waals surface area contributed by atoms with Gasteiger partial charge in [0.2, 0.25) is 0 Å². The lowest BCUT2D eigenvalue weighted by Gasteiger charge is -2.24. The van der Waals surface area contributed by atoms with Gasteiger partial charge in [-0.3, -0.25) is 0 Å². The number of aromatic nitrogens is 3. The van der Waals surface area contributed by atoms with E-state index in [4.69, 9.17) is 0 Å². The Balaban J connectivity index is 1.73. The molecular formula is C15H17N5S. The molecule has 108 valence electrons. The molecule has 1 unspecified atom stereocenters. The molecule has 1 aliphatic carbocycles. The molecule has 4 rings (SSSR count). The third kappa shape index (κ3) is 2.15. The van der Waals surface area contributed by atoms with Gasteiger partial charge in [-0.1, -0.05) is 0 Å². The number of aryl methyl sites for hydroxylation is 1. The SMILES string of the molecule is CNc1cn2ccnc2c(NC2CCCc3sccc32)n1. The van der Waals surface area contributed by atoms with E-state index in [0.717, 1.165) is 23.7 Å². The molecule has 0 bridgehead atoms. The third-order valence-corrected chi connectivity index (χ3v) is 4.99. The summed E-state index contributed by atoms with van der Waals surface area (Å²) in [6.45, 7) is 0. The van der Waals surface area contributed by atoms with Crippen LogP contribution in [0.1, 0.15) is 29.3 Å². The summed E-state index contributed by atoms with van der Waals surface area (Å²) in [5.41, 5.74) is 2.30. The molecule has 0 saturated heterocycles. The molecular weight excluding hydrogens is 282 g/mol. The maximum Gasteiger partial charge on any atom is 0.180 e. The van der Waals surface area contributed by atoms with Crippen molar-refractivity contribution in [3.63, 3.8) is 0 Å². The van der Waals surface area contributed by atoms with Gasteiger partial charge in [0.25, 0.3) is 0 Å². The van der Waals surface area contributed by atoms with Crippen LogP contribution in [0, 0.1) is 0 Å². The Labute approximate surface area is 127 Å². The number of nitrogens with one attached hydrogen (secondary N) is 2. The molecule has 1 atom stereocenters. The summed E-state index contributed by atoms with van der Waals surface area (Å²) in [4.78, 5) is 10.6. The van der Waals surface area contributed by atoms with E-state index in [9.17, 15) is 0 Å². The summed E-state index contributed by atoms with van der Waals surface area (Å²) < 4.78 is 2.00. The molecule has 0 amide bonds. The lowest BCUT2D eigenvalue weighted by molar-refractivity contribution is 0.607. The number of rotatable bonds is 3. The first-order chi connectivity index (χ1) is 10.3. The van der Waals surface area contributed by atoms with Crippen molar-refractivity contribution >= 4 is 28.6 Å². The second-order valence-electron chi connectivity index (χ2n) is 5.27. The molecule has 21 heavy (non-hydrogen) atoms. The Bertz CT molecular complexity index is 775. The van der Waals surface area contributed by atoms with E-state index in [1.54, 1.807) is 6.20 Å². The molecule has 0 aliphatic heterocycles. The zero-order valence-corrected chi connectivity index (χ0v) is 12.7. The number of fused-ring (bicyclic) bond motifs is 2. The minimum atomic E-state index is 0.333. The molecule has 1 aliphatic rings. The van der Waals surface area contributed by atoms with Crippen LogP contribution in [0.15, 0.2) is 30.0 Å². The fraction of sp³-hybridized carbons (Fsp3) is 0.333. The van der Waals surface area contributed by atoms with Gasteiger partial charge in [0.15, 0.2) is 11.5 Å². The van der Waals surface area contributed by atoms with Crippen molar-refractivity contribution in [2.24, 2.45) is 0 Å². The highest BCUT2D eigenvalue weighted by atomic mass is 32.1. The van der Waals surface area contributed by atoms with Crippen molar-refractivity contribution in [1.82, 2.24) is 14.4 Å². The van der Waals surface area contributed by atoms with E-state index >= 15 is 0 Å². The molecule has 5 nitrogen and oxygen atoms in total. The van der Waals surface area contributed by atoms with E-state index in [1.165, 1.54) is 23.3 Å². The zero-order chi connectivity index (χ0) is 14.2. The van der Waals surface area contributed by atoms with Crippen LogP contribution < -0.4 is 10.6 Å². The summed E-state index contributed by atoms with van der Waals surface area (Å²) in [6.07, 6.45) is 9.26. The van der Waals surface area contributed by atoms with Gasteiger partial charge >= 0.3 is 0 Å². The van der Waals surface area contributed by atoms with E-state index in [0.29, 0.717) is 6.04 Å². The van der Waals surface area contributed by atoms with Gasteiger partial charge in [-0.05, 0) is 36.3 Å². The maximum absolute atomic E-state index is 4.64. The normalized spacial score (nSPS) is 17.7. The average Bonchev–Trinajstić information content (AvgIpc) is 3.16. The van der Waals surface area contributed by atoms with Crippen LogP contribution >= 0.6 is 11.3 Å². The van der Waals surface area contributed by atoms with Crippen molar-refractivity contribution in [2.75, 3.05) is 17.7 Å². The van der Waals surface area contributed by atoms with E-state index in [-0.39, 0.29) is 0 Å². The molecule has 0 spiro atoms. The van der Waals surface area contributed by atoms with Gasteiger partial charge in [0, 0.05) is 24.3 Å². The van der Waals surface area contributed by atoms with Gasteiger partial charge in [0.05, 0.1) is 12.2 Å². The summed E-state index contributed by atoms with van der Waals surface area (Å²) in [5, 5.41) is 8.89. The second kappa shape index (κ2) is 5.04. The van der Waals surface area contributed by atoms with Gasteiger partial charge in [-0.15, -0.1) is 11.3 Å². The van der Waals surface area contributed by atoms with Crippen molar-refractivity contribution in [3.05, 3.63) is 40.5 Å². The zero-order valence-electron chi connectivity index (χ0n) is 11.8. The molecule has 3 aromatic heterocycles. The highest BCUT2D eigenvalue weighted by Gasteiger charge is 2.22. The fourth-order valence-electron chi connectivity index (χ4n) is 2.95. The van der Waals surface area contributed by atoms with Gasteiger partial charge in [-0.2, -0.15) is 0 Å². The molecule has 6 heteroatoms. The summed E-state index contributed by atoms with van der Waals surface area (Å²) in [7, 11) is 1.88. The van der Waals surface area contributed by atoms with Crippen molar-refractivity contribution in [2.45, 2.75) is 25.3 Å². The fourth-order valence-corrected chi connectivity index (χ4v) is 3.94. The van der Waals surface area contributed by atoms with Gasteiger partial charge in [0.1, 0.15) is 5.82 Å². The van der Waals surface area contributed by atoms with E-state index in [1.807, 2.05) is 35.2 Å². The lowest BCUT2D eigenvalue weighted by atomic mass is 9.94. The summed E-state index contributed by atoms with van der Waals surface area (Å²) >= 11 is 1.86. The first kappa shape index (κ1) is 12.6. The molecule has 0 aromatic carbocycles. The predicted octanol–water partition coefficient (Wildman–Crippen LogP) is 3.32. The molecule has 0 radical (unpaired) electrons. The number of nitrogens with zero attached hydrogens (tertiary/aromatic N) is 3. The van der Waals surface area contributed by atoms with Crippen LogP contribution in [0.2, 0.25) is 0 Å². The Morgan fingerprint density at radius 2 is 2.38 bits per heavy atom. The van der Waals surface area contributed by atoms with E-state index < -0.39 is 0 Å². The Kier molecular flexibility index (Phi) is 3.03. The monoisotopic (exact) mass is 299 g/mol. The van der Waals surface area contributed by atoms with E-state index in [2.05, 4.69) is 32.0 Å². The standard InChI is InChI=1S/C15H17N5S/c1-16-13-9-20-7-6-17-15(20)14(19-13)18-11-3-2-4-12-10(11)5-8-21-12/h5-9,11,16H,2-4H2,1H3,(H,18,19). The average molecular weight is 299 g/mol. The maximum atomic E-state index is 4.64. The molecule has 0 saturated carbocycles. The van der Waals surface area contributed by atoms with Crippen LogP contribution in [-0.4, -0.2) is 21.4 Å². The first-order valence-electron chi connectivity index (χ1n) is 7.19. The Morgan fingerprint density at radius 1 is 1.43 bits per heavy atom. The second-order valence-corrected chi connectivity index (χ2v) is 6.27. The molecule has 2 N–H and O–H groups in total. The number of thiophene rings is 1. The van der Waals surface area contributed by atoms with Crippen LogP contribution in [0.3, 0.4) is 0 Å². The largest absolute Gasteiger partial charge is 0.372 e. The number of anilines is 2. The Morgan fingerprint density at radius 3 is 3.29 bits per heavy atom. The molecule has 3 aromatic rings. The quantitative estimate of drug-likeness (QED) is 0.779. The number of hydrogen-bond donors (Lipinski definition) is 2. The van der Waals surface area contributed by atoms with Crippen molar-refractivity contribution < 1.29 is 0 Å². The minimum absolute atomic E-state index is 0.333. The van der Waals surface area contributed by atoms with Crippen LogP contribution in [0.25, 0.3) is 5.65 Å². The number of hydrogen-bond acceptors (Lipinski definition) is 5. The minimum Gasteiger partial charge on any atom is -0.372 e. The number of imidazole rings is 1. The van der Waals surface area contributed by atoms with Crippen LogP contribution in [0.5, 0.6) is 0 Å². The summed E-state index contributed by atoms with van der Waals surface area (Å²) in [6, 6.07) is 2.57. The van der Waals surface area contributed by atoms with Crippen molar-refractivity contribution in [3.8, 4) is 0 Å². The van der Waals surface area contributed by atoms with Gasteiger partial charge < -0.3 is 15.0 Å². The first-order valence-corrected chi connectivity index (χ1v) is 8.07. The highest BCUT2D eigenvalue weighted by molar-refractivity contribution is 7.10. The summed E-state index contributed by atoms with van der Waals surface area (Å²) in [5.74, 6) is 1.68. The lowest BCUT2D eigenvalue weighted by Crippen LogP contribution is -2.17. The Hall–Kier alpha value is -2.08. The van der Waals surface area contributed by atoms with Gasteiger partial charge in [-0.25, -0.2) is 9.97 Å². The molecule has 3 heterocycles. The topological polar surface area (TPSA) is 54.2 Å². The molecule has 0 fully saturated rings. The third-order valence-electron chi connectivity index (χ3n) is 3.99. The van der Waals surface area contributed by atoms with Crippen molar-refractivity contribution in [1.29, 1.82) is 0 Å². The smallest absolute Gasteiger partial charge is 0.180 e. The predicted molar refractivity (Wildman–Crippen MR) is 86.2 cm³/mol.